The molecule has 0 radical (unpaired) electrons. The summed E-state index contributed by atoms with van der Waals surface area (Å²) in [5.41, 5.74) is -0.135. The lowest BCUT2D eigenvalue weighted by molar-refractivity contribution is -0.0268. The van der Waals surface area contributed by atoms with Crippen LogP contribution < -0.4 is 0 Å². The molecular formula is C12H14ClFO2. The molecule has 4 heteroatoms. The lowest BCUT2D eigenvalue weighted by Crippen LogP contribution is -2.38. The molecule has 1 aromatic carbocycles. The zero-order valence-electron chi connectivity index (χ0n) is 9.04. The summed E-state index contributed by atoms with van der Waals surface area (Å²) in [5.74, 6) is -0.364. The summed E-state index contributed by atoms with van der Waals surface area (Å²) in [6, 6.07) is 4.23. The number of ether oxygens (including phenoxy) is 1. The van der Waals surface area contributed by atoms with E-state index in [2.05, 4.69) is 0 Å². The Bertz CT molecular complexity index is 397. The zero-order valence-corrected chi connectivity index (χ0v) is 9.80. The number of aliphatic hydroxyl groups is 1. The monoisotopic (exact) mass is 244 g/mol. The minimum Gasteiger partial charge on any atom is -0.387 e. The Balaban J connectivity index is 2.20. The van der Waals surface area contributed by atoms with E-state index in [0.717, 1.165) is 5.56 Å². The van der Waals surface area contributed by atoms with Crippen LogP contribution in [-0.2, 0) is 11.2 Å². The van der Waals surface area contributed by atoms with Gasteiger partial charge in [-0.3, -0.25) is 0 Å². The van der Waals surface area contributed by atoms with Gasteiger partial charge in [0.15, 0.2) is 0 Å². The van der Waals surface area contributed by atoms with Crippen molar-refractivity contribution in [3.63, 3.8) is 0 Å². The van der Waals surface area contributed by atoms with Gasteiger partial charge in [-0.2, -0.15) is 0 Å². The van der Waals surface area contributed by atoms with Gasteiger partial charge in [0, 0.05) is 24.5 Å². The van der Waals surface area contributed by atoms with Crippen molar-refractivity contribution in [2.24, 2.45) is 0 Å². The van der Waals surface area contributed by atoms with Crippen LogP contribution in [0.1, 0.15) is 18.9 Å². The number of halogens is 2. The fourth-order valence-electron chi connectivity index (χ4n) is 2.00. The Morgan fingerprint density at radius 1 is 1.62 bits per heavy atom. The SMILES string of the molecule is CC1OCCC1(O)Cc1ccc(F)cc1Cl. The summed E-state index contributed by atoms with van der Waals surface area (Å²) in [6.45, 7) is 2.39. The molecule has 1 fully saturated rings. The molecule has 0 aliphatic carbocycles. The Kier molecular flexibility index (Phi) is 3.19. The van der Waals surface area contributed by atoms with Gasteiger partial charge in [0.25, 0.3) is 0 Å². The van der Waals surface area contributed by atoms with Crippen LogP contribution >= 0.6 is 11.6 Å². The van der Waals surface area contributed by atoms with E-state index in [-0.39, 0.29) is 11.9 Å². The third kappa shape index (κ3) is 2.21. The molecule has 2 atom stereocenters. The minimum atomic E-state index is -0.887. The van der Waals surface area contributed by atoms with E-state index in [1.807, 2.05) is 6.92 Å². The molecule has 2 unspecified atom stereocenters. The average molecular weight is 245 g/mol. The highest BCUT2D eigenvalue weighted by atomic mass is 35.5. The normalized spacial score (nSPS) is 29.6. The van der Waals surface area contributed by atoms with Gasteiger partial charge in [-0.15, -0.1) is 0 Å². The predicted octanol–water partition coefficient (Wildman–Crippen LogP) is 2.56. The largest absolute Gasteiger partial charge is 0.387 e. The van der Waals surface area contributed by atoms with Gasteiger partial charge < -0.3 is 9.84 Å². The molecule has 0 spiro atoms. The van der Waals surface area contributed by atoms with Crippen molar-refractivity contribution in [2.75, 3.05) is 6.61 Å². The standard InChI is InChI=1S/C12H14ClFO2/c1-8-12(15,4-5-16-8)7-9-2-3-10(14)6-11(9)13/h2-3,6,8,15H,4-5,7H2,1H3. The van der Waals surface area contributed by atoms with Gasteiger partial charge in [-0.1, -0.05) is 17.7 Å². The quantitative estimate of drug-likeness (QED) is 0.867. The maximum atomic E-state index is 12.9. The molecule has 2 rings (SSSR count). The second kappa shape index (κ2) is 4.32. The molecule has 0 amide bonds. The van der Waals surface area contributed by atoms with Crippen molar-refractivity contribution >= 4 is 11.6 Å². The van der Waals surface area contributed by atoms with E-state index in [4.69, 9.17) is 16.3 Å². The van der Waals surface area contributed by atoms with E-state index in [1.54, 1.807) is 6.07 Å². The lowest BCUT2D eigenvalue weighted by Gasteiger charge is -2.26. The van der Waals surface area contributed by atoms with Crippen molar-refractivity contribution < 1.29 is 14.2 Å². The molecule has 1 heterocycles. The third-order valence-corrected chi connectivity index (χ3v) is 3.52. The summed E-state index contributed by atoms with van der Waals surface area (Å²) < 4.78 is 18.2. The summed E-state index contributed by atoms with van der Waals surface area (Å²) in [7, 11) is 0. The highest BCUT2D eigenvalue weighted by Gasteiger charge is 2.39. The lowest BCUT2D eigenvalue weighted by atomic mass is 9.89. The van der Waals surface area contributed by atoms with E-state index in [1.165, 1.54) is 12.1 Å². The molecule has 88 valence electrons. The maximum Gasteiger partial charge on any atom is 0.124 e. The fraction of sp³-hybridized carbons (Fsp3) is 0.500. The molecule has 16 heavy (non-hydrogen) atoms. The minimum absolute atomic E-state index is 0.214. The van der Waals surface area contributed by atoms with E-state index in [9.17, 15) is 9.50 Å². The second-order valence-electron chi connectivity index (χ2n) is 4.28. The van der Waals surface area contributed by atoms with Crippen molar-refractivity contribution in [3.8, 4) is 0 Å². The molecule has 2 nitrogen and oxygen atoms in total. The first-order valence-corrected chi connectivity index (χ1v) is 5.67. The molecular weight excluding hydrogens is 231 g/mol. The van der Waals surface area contributed by atoms with Gasteiger partial charge in [0.1, 0.15) is 5.82 Å². The van der Waals surface area contributed by atoms with Crippen LogP contribution in [0.3, 0.4) is 0 Å². The first-order chi connectivity index (χ1) is 7.51. The first kappa shape index (κ1) is 11.8. The van der Waals surface area contributed by atoms with Crippen LogP contribution in [0.5, 0.6) is 0 Å². The van der Waals surface area contributed by atoms with Crippen LogP contribution in [0.4, 0.5) is 4.39 Å². The van der Waals surface area contributed by atoms with Gasteiger partial charge in [-0.25, -0.2) is 4.39 Å². The summed E-state index contributed by atoms with van der Waals surface area (Å²) >= 11 is 5.93. The van der Waals surface area contributed by atoms with Crippen LogP contribution in [-0.4, -0.2) is 23.4 Å². The molecule has 1 saturated heterocycles. The van der Waals surface area contributed by atoms with E-state index < -0.39 is 5.60 Å². The summed E-state index contributed by atoms with van der Waals surface area (Å²) in [5, 5.41) is 10.7. The Labute approximate surface area is 99.0 Å². The molecule has 0 saturated carbocycles. The molecule has 1 aliphatic rings. The topological polar surface area (TPSA) is 29.5 Å². The van der Waals surface area contributed by atoms with Gasteiger partial charge in [0.2, 0.25) is 0 Å². The molecule has 1 aromatic rings. The average Bonchev–Trinajstić information content (AvgIpc) is 2.52. The van der Waals surface area contributed by atoms with Crippen molar-refractivity contribution in [1.29, 1.82) is 0 Å². The molecule has 0 aromatic heterocycles. The summed E-state index contributed by atoms with van der Waals surface area (Å²) in [6.07, 6.45) is 0.767. The smallest absolute Gasteiger partial charge is 0.124 e. The highest BCUT2D eigenvalue weighted by molar-refractivity contribution is 6.31. The van der Waals surface area contributed by atoms with Crippen LogP contribution in [0.15, 0.2) is 18.2 Å². The number of hydrogen-bond acceptors (Lipinski definition) is 2. The van der Waals surface area contributed by atoms with Crippen LogP contribution in [0, 0.1) is 5.82 Å². The van der Waals surface area contributed by atoms with E-state index >= 15 is 0 Å². The second-order valence-corrected chi connectivity index (χ2v) is 4.69. The maximum absolute atomic E-state index is 12.9. The Hall–Kier alpha value is -0.640. The van der Waals surface area contributed by atoms with Crippen molar-refractivity contribution in [1.82, 2.24) is 0 Å². The molecule has 0 bridgehead atoms. The van der Waals surface area contributed by atoms with Crippen molar-refractivity contribution in [3.05, 3.63) is 34.6 Å². The van der Waals surface area contributed by atoms with Gasteiger partial charge >= 0.3 is 0 Å². The Morgan fingerprint density at radius 2 is 2.38 bits per heavy atom. The fourth-order valence-corrected chi connectivity index (χ4v) is 2.23. The first-order valence-electron chi connectivity index (χ1n) is 5.29. The summed E-state index contributed by atoms with van der Waals surface area (Å²) in [4.78, 5) is 0. The zero-order chi connectivity index (χ0) is 11.8. The number of benzene rings is 1. The Morgan fingerprint density at radius 3 is 2.94 bits per heavy atom. The number of rotatable bonds is 2. The van der Waals surface area contributed by atoms with Crippen LogP contribution in [0.2, 0.25) is 5.02 Å². The van der Waals surface area contributed by atoms with E-state index in [0.29, 0.717) is 24.5 Å². The number of hydrogen-bond donors (Lipinski definition) is 1. The van der Waals surface area contributed by atoms with Crippen molar-refractivity contribution in [2.45, 2.75) is 31.5 Å². The predicted molar refractivity (Wildman–Crippen MR) is 60.1 cm³/mol. The highest BCUT2D eigenvalue weighted by Crippen LogP contribution is 2.31. The van der Waals surface area contributed by atoms with Gasteiger partial charge in [0.05, 0.1) is 11.7 Å². The third-order valence-electron chi connectivity index (χ3n) is 3.17. The van der Waals surface area contributed by atoms with Gasteiger partial charge in [-0.05, 0) is 24.6 Å². The molecule has 1 N–H and O–H groups in total. The molecule has 1 aliphatic heterocycles. The van der Waals surface area contributed by atoms with Crippen LogP contribution in [0.25, 0.3) is 0 Å².